The van der Waals surface area contributed by atoms with Crippen LogP contribution >= 0.6 is 15.9 Å². The molecule has 0 amide bonds. The summed E-state index contributed by atoms with van der Waals surface area (Å²) in [5, 5.41) is 0. The Bertz CT molecular complexity index is 548. The molecule has 0 spiro atoms. The Hall–Kier alpha value is -0.390. The molecule has 5 heteroatoms. The maximum absolute atomic E-state index is 11.8. The molecule has 2 rings (SSSR count). The van der Waals surface area contributed by atoms with E-state index in [2.05, 4.69) is 15.9 Å². The molecule has 1 atom stereocenters. The predicted molar refractivity (Wildman–Crippen MR) is 71.8 cm³/mol. The molecule has 1 saturated carbocycles. The van der Waals surface area contributed by atoms with Crippen molar-refractivity contribution in [3.05, 3.63) is 28.2 Å². The van der Waals surface area contributed by atoms with Crippen molar-refractivity contribution in [3.63, 3.8) is 0 Å². The fourth-order valence-corrected chi connectivity index (χ4v) is 3.66. The van der Waals surface area contributed by atoms with Crippen LogP contribution in [0.3, 0.4) is 0 Å². The van der Waals surface area contributed by atoms with Gasteiger partial charge in [0, 0.05) is 22.2 Å². The molecular weight excluding hydrogens is 302 g/mol. The lowest BCUT2D eigenvalue weighted by atomic mass is 9.89. The highest BCUT2D eigenvalue weighted by Crippen LogP contribution is 2.52. The summed E-state index contributed by atoms with van der Waals surface area (Å²) < 4.78 is 24.5. The number of halogens is 1. The normalized spacial score (nSPS) is 20.0. The minimum Gasteiger partial charge on any atom is -0.327 e. The monoisotopic (exact) mass is 317 g/mol. The van der Waals surface area contributed by atoms with E-state index in [1.165, 1.54) is 6.26 Å². The first-order valence-electron chi connectivity index (χ1n) is 5.53. The van der Waals surface area contributed by atoms with E-state index in [0.717, 1.165) is 22.9 Å². The van der Waals surface area contributed by atoms with Crippen molar-refractivity contribution < 1.29 is 8.42 Å². The highest BCUT2D eigenvalue weighted by molar-refractivity contribution is 9.10. The first-order chi connectivity index (χ1) is 7.77. The maximum Gasteiger partial charge on any atom is 0.175 e. The van der Waals surface area contributed by atoms with Gasteiger partial charge >= 0.3 is 0 Å². The molecule has 1 aromatic carbocycles. The number of hydrogen-bond donors (Lipinski definition) is 1. The Kier molecular flexibility index (Phi) is 3.13. The van der Waals surface area contributed by atoms with Gasteiger partial charge in [-0.25, -0.2) is 8.42 Å². The van der Waals surface area contributed by atoms with Gasteiger partial charge in [0.05, 0.1) is 4.90 Å². The lowest BCUT2D eigenvalue weighted by molar-refractivity contribution is 0.542. The molecule has 2 N–H and O–H groups in total. The van der Waals surface area contributed by atoms with Gasteiger partial charge in [-0.3, -0.25) is 0 Å². The van der Waals surface area contributed by atoms with Crippen molar-refractivity contribution in [1.29, 1.82) is 0 Å². The fraction of sp³-hybridized carbons (Fsp3) is 0.500. The Balaban J connectivity index is 2.64. The van der Waals surface area contributed by atoms with Crippen LogP contribution in [-0.2, 0) is 15.3 Å². The van der Waals surface area contributed by atoms with Gasteiger partial charge in [-0.2, -0.15) is 0 Å². The van der Waals surface area contributed by atoms with Crippen LogP contribution in [0.1, 0.15) is 25.3 Å². The summed E-state index contributed by atoms with van der Waals surface area (Å²) in [6.07, 6.45) is 3.17. The molecule has 0 radical (unpaired) electrons. The van der Waals surface area contributed by atoms with Crippen LogP contribution in [0.4, 0.5) is 0 Å². The van der Waals surface area contributed by atoms with Gasteiger partial charge in [-0.05, 0) is 43.5 Å². The molecule has 3 nitrogen and oxygen atoms in total. The summed E-state index contributed by atoms with van der Waals surface area (Å²) in [6.45, 7) is 1.94. The highest BCUT2D eigenvalue weighted by Gasteiger charge is 2.49. The summed E-state index contributed by atoms with van der Waals surface area (Å²) >= 11 is 3.40. The zero-order valence-electron chi connectivity index (χ0n) is 9.90. The van der Waals surface area contributed by atoms with Gasteiger partial charge < -0.3 is 5.73 Å². The molecule has 0 heterocycles. The van der Waals surface area contributed by atoms with Gasteiger partial charge in [0.15, 0.2) is 9.84 Å². The molecule has 94 valence electrons. The third kappa shape index (κ3) is 2.28. The number of benzene rings is 1. The van der Waals surface area contributed by atoms with Gasteiger partial charge in [0.1, 0.15) is 0 Å². The molecule has 1 aliphatic carbocycles. The Labute approximate surface area is 110 Å². The van der Waals surface area contributed by atoms with Crippen LogP contribution in [0.25, 0.3) is 0 Å². The van der Waals surface area contributed by atoms with E-state index in [-0.39, 0.29) is 11.5 Å². The molecular formula is C12H16BrNO2S. The smallest absolute Gasteiger partial charge is 0.175 e. The molecule has 1 fully saturated rings. The quantitative estimate of drug-likeness (QED) is 0.930. The molecule has 0 aliphatic heterocycles. The van der Waals surface area contributed by atoms with E-state index in [9.17, 15) is 8.42 Å². The molecule has 0 saturated heterocycles. The van der Waals surface area contributed by atoms with Crippen molar-refractivity contribution in [3.8, 4) is 0 Å². The van der Waals surface area contributed by atoms with Gasteiger partial charge in [-0.1, -0.05) is 15.9 Å². The molecule has 1 aliphatic rings. The Morgan fingerprint density at radius 1 is 1.41 bits per heavy atom. The van der Waals surface area contributed by atoms with Crippen LogP contribution in [0.5, 0.6) is 0 Å². The van der Waals surface area contributed by atoms with E-state index in [0.29, 0.717) is 4.90 Å². The van der Waals surface area contributed by atoms with E-state index in [1.807, 2.05) is 13.0 Å². The minimum atomic E-state index is -3.20. The van der Waals surface area contributed by atoms with Crippen molar-refractivity contribution in [2.24, 2.45) is 5.73 Å². The van der Waals surface area contributed by atoms with Crippen LogP contribution < -0.4 is 5.73 Å². The Morgan fingerprint density at radius 2 is 2.00 bits per heavy atom. The second-order valence-corrected chi connectivity index (χ2v) is 7.76. The average Bonchev–Trinajstić information content (AvgIpc) is 2.95. The van der Waals surface area contributed by atoms with Gasteiger partial charge in [0.2, 0.25) is 0 Å². The minimum absolute atomic E-state index is 0.0303. The van der Waals surface area contributed by atoms with Crippen LogP contribution in [-0.4, -0.2) is 20.7 Å². The van der Waals surface area contributed by atoms with Crippen LogP contribution in [0.15, 0.2) is 27.6 Å². The van der Waals surface area contributed by atoms with E-state index in [4.69, 9.17) is 5.73 Å². The van der Waals surface area contributed by atoms with E-state index in [1.54, 1.807) is 12.1 Å². The third-order valence-electron chi connectivity index (χ3n) is 3.54. The van der Waals surface area contributed by atoms with Crippen molar-refractivity contribution in [2.75, 3.05) is 6.26 Å². The van der Waals surface area contributed by atoms with Crippen molar-refractivity contribution in [1.82, 2.24) is 0 Å². The predicted octanol–water partition coefficient (Wildman–Crippen LogP) is 2.23. The molecule has 1 unspecified atom stereocenters. The average molecular weight is 318 g/mol. The topological polar surface area (TPSA) is 60.2 Å². The largest absolute Gasteiger partial charge is 0.327 e. The lowest BCUT2D eigenvalue weighted by Crippen LogP contribution is -2.32. The van der Waals surface area contributed by atoms with Crippen LogP contribution in [0, 0.1) is 0 Å². The van der Waals surface area contributed by atoms with E-state index >= 15 is 0 Å². The number of rotatable bonds is 3. The lowest BCUT2D eigenvalue weighted by Gasteiger charge is -2.23. The number of hydrogen-bond acceptors (Lipinski definition) is 3. The summed E-state index contributed by atoms with van der Waals surface area (Å²) in [6, 6.07) is 5.29. The molecule has 0 aromatic heterocycles. The second kappa shape index (κ2) is 4.07. The van der Waals surface area contributed by atoms with Crippen molar-refractivity contribution >= 4 is 25.8 Å². The zero-order chi connectivity index (χ0) is 12.8. The van der Waals surface area contributed by atoms with Crippen LogP contribution in [0.2, 0.25) is 0 Å². The maximum atomic E-state index is 11.8. The number of sulfone groups is 1. The standard InChI is InChI=1S/C12H16BrNO2S/c1-8(14)12(5-6-12)10-7-9(13)3-4-11(10)17(2,15)16/h3-4,7-8H,5-6,14H2,1-2H3. The second-order valence-electron chi connectivity index (χ2n) is 4.86. The summed E-state index contributed by atoms with van der Waals surface area (Å²) in [5.41, 5.74) is 6.73. The summed E-state index contributed by atoms with van der Waals surface area (Å²) in [7, 11) is -3.20. The summed E-state index contributed by atoms with van der Waals surface area (Å²) in [5.74, 6) is 0. The van der Waals surface area contributed by atoms with Gasteiger partial charge in [-0.15, -0.1) is 0 Å². The Morgan fingerprint density at radius 3 is 2.41 bits per heavy atom. The molecule has 0 bridgehead atoms. The first-order valence-corrected chi connectivity index (χ1v) is 8.21. The zero-order valence-corrected chi connectivity index (χ0v) is 12.3. The van der Waals surface area contributed by atoms with E-state index < -0.39 is 9.84 Å². The summed E-state index contributed by atoms with van der Waals surface area (Å²) in [4.78, 5) is 0.413. The van der Waals surface area contributed by atoms with Gasteiger partial charge in [0.25, 0.3) is 0 Å². The third-order valence-corrected chi connectivity index (χ3v) is 5.19. The number of nitrogens with two attached hydrogens (primary N) is 1. The fourth-order valence-electron chi connectivity index (χ4n) is 2.32. The molecule has 1 aromatic rings. The first kappa shape index (κ1) is 13.1. The molecule has 17 heavy (non-hydrogen) atoms. The van der Waals surface area contributed by atoms with Crippen molar-refractivity contribution in [2.45, 2.75) is 36.1 Å². The SMILES string of the molecule is CC(N)C1(c2cc(Br)ccc2S(C)(=O)=O)CC1. The highest BCUT2D eigenvalue weighted by atomic mass is 79.9.